The molecule has 0 unspecified atom stereocenters. The smallest absolute Gasteiger partial charge is 0.251 e. The van der Waals surface area contributed by atoms with Crippen molar-refractivity contribution < 1.29 is 24.3 Å². The summed E-state index contributed by atoms with van der Waals surface area (Å²) in [7, 11) is 0. The van der Waals surface area contributed by atoms with E-state index in [-0.39, 0.29) is 37.5 Å². The van der Waals surface area contributed by atoms with E-state index in [1.54, 1.807) is 42.5 Å². The van der Waals surface area contributed by atoms with Gasteiger partial charge in [-0.1, -0.05) is 30.3 Å². The van der Waals surface area contributed by atoms with Crippen LogP contribution in [0.15, 0.2) is 59.6 Å². The van der Waals surface area contributed by atoms with Crippen LogP contribution in [0.2, 0.25) is 0 Å². The van der Waals surface area contributed by atoms with E-state index in [1.807, 2.05) is 0 Å². The number of aromatic hydroxyl groups is 1. The van der Waals surface area contributed by atoms with Gasteiger partial charge in [-0.25, -0.2) is 0 Å². The first-order chi connectivity index (χ1) is 19.6. The van der Waals surface area contributed by atoms with E-state index in [0.29, 0.717) is 36.9 Å². The molecule has 2 rings (SSSR count). The van der Waals surface area contributed by atoms with Gasteiger partial charge in [-0.3, -0.25) is 24.2 Å². The highest BCUT2D eigenvalue weighted by Gasteiger charge is 2.29. The van der Waals surface area contributed by atoms with Crippen LogP contribution in [0.5, 0.6) is 5.75 Å². The van der Waals surface area contributed by atoms with Crippen LogP contribution in [0.4, 0.5) is 0 Å². The SMILES string of the molecule is NCCCC[C@H](NC(=O)[C@H](CCCN=C(N)N)NC(=O)c1ccccc1)C(=O)N[C@@H](Cc1ccc(O)cc1)C(N)=O. The van der Waals surface area contributed by atoms with Crippen molar-refractivity contribution in [3.63, 3.8) is 0 Å². The van der Waals surface area contributed by atoms with Gasteiger partial charge < -0.3 is 44.0 Å². The number of phenolic OH excluding ortho intramolecular Hbond substituents is 1. The Morgan fingerprint density at radius 3 is 1.93 bits per heavy atom. The summed E-state index contributed by atoms with van der Waals surface area (Å²) in [6.07, 6.45) is 2.05. The quantitative estimate of drug-likeness (QED) is 0.0692. The van der Waals surface area contributed by atoms with Crippen molar-refractivity contribution in [2.75, 3.05) is 13.1 Å². The minimum absolute atomic E-state index is 0.0586. The summed E-state index contributed by atoms with van der Waals surface area (Å²) in [5.41, 5.74) is 23.0. The van der Waals surface area contributed by atoms with Gasteiger partial charge in [0, 0.05) is 18.5 Å². The summed E-state index contributed by atoms with van der Waals surface area (Å²) in [6, 6.07) is 11.5. The second-order valence-electron chi connectivity index (χ2n) is 9.52. The average Bonchev–Trinajstić information content (AvgIpc) is 2.95. The van der Waals surface area contributed by atoms with E-state index in [1.165, 1.54) is 12.1 Å². The molecule has 3 atom stereocenters. The topological polar surface area (TPSA) is 241 Å². The van der Waals surface area contributed by atoms with Gasteiger partial charge in [-0.05, 0) is 68.5 Å². The highest BCUT2D eigenvalue weighted by molar-refractivity contribution is 5.98. The largest absolute Gasteiger partial charge is 0.508 e. The molecule has 0 saturated carbocycles. The number of aliphatic imine (C=N–C) groups is 1. The monoisotopic (exact) mass is 568 g/mol. The van der Waals surface area contributed by atoms with Crippen LogP contribution in [0.25, 0.3) is 0 Å². The molecule has 0 radical (unpaired) electrons. The molecule has 13 nitrogen and oxygen atoms in total. The zero-order valence-electron chi connectivity index (χ0n) is 22.9. The molecule has 0 aromatic heterocycles. The first-order valence-electron chi connectivity index (χ1n) is 13.4. The van der Waals surface area contributed by atoms with Gasteiger partial charge in [0.1, 0.15) is 23.9 Å². The van der Waals surface area contributed by atoms with Crippen molar-refractivity contribution in [2.24, 2.45) is 27.9 Å². The molecule has 0 spiro atoms. The van der Waals surface area contributed by atoms with Crippen LogP contribution in [-0.4, -0.2) is 65.9 Å². The lowest BCUT2D eigenvalue weighted by molar-refractivity contribution is -0.132. The van der Waals surface area contributed by atoms with E-state index in [0.717, 1.165) is 0 Å². The Balaban J connectivity index is 2.18. The lowest BCUT2D eigenvalue weighted by Crippen LogP contribution is -2.56. The molecule has 222 valence electrons. The summed E-state index contributed by atoms with van der Waals surface area (Å²) in [5.74, 6) is -2.44. The van der Waals surface area contributed by atoms with Crippen LogP contribution in [0.1, 0.15) is 48.0 Å². The third-order valence-electron chi connectivity index (χ3n) is 6.22. The number of amides is 4. The van der Waals surface area contributed by atoms with Gasteiger partial charge in [0.2, 0.25) is 17.7 Å². The van der Waals surface area contributed by atoms with Crippen LogP contribution in [0, 0.1) is 0 Å². The first-order valence-corrected chi connectivity index (χ1v) is 13.4. The molecule has 41 heavy (non-hydrogen) atoms. The Labute approximate surface area is 239 Å². The second-order valence-corrected chi connectivity index (χ2v) is 9.52. The Morgan fingerprint density at radius 2 is 1.34 bits per heavy atom. The van der Waals surface area contributed by atoms with Crippen molar-refractivity contribution in [3.05, 3.63) is 65.7 Å². The summed E-state index contributed by atoms with van der Waals surface area (Å²) in [4.78, 5) is 55.6. The van der Waals surface area contributed by atoms with Gasteiger partial charge in [-0.15, -0.1) is 0 Å². The third-order valence-corrected chi connectivity index (χ3v) is 6.22. The van der Waals surface area contributed by atoms with Crippen molar-refractivity contribution in [1.82, 2.24) is 16.0 Å². The van der Waals surface area contributed by atoms with Crippen molar-refractivity contribution in [1.29, 1.82) is 0 Å². The minimum Gasteiger partial charge on any atom is -0.508 e. The summed E-state index contributed by atoms with van der Waals surface area (Å²) >= 11 is 0. The third kappa shape index (κ3) is 12.0. The number of benzene rings is 2. The van der Waals surface area contributed by atoms with E-state index in [4.69, 9.17) is 22.9 Å². The Morgan fingerprint density at radius 1 is 0.756 bits per heavy atom. The number of primary amides is 1. The number of nitrogens with one attached hydrogen (secondary N) is 3. The van der Waals surface area contributed by atoms with E-state index >= 15 is 0 Å². The molecule has 0 bridgehead atoms. The van der Waals surface area contributed by atoms with Crippen LogP contribution in [0.3, 0.4) is 0 Å². The molecular formula is C28H40N8O5. The first kappa shape index (κ1) is 32.6. The van der Waals surface area contributed by atoms with Crippen molar-refractivity contribution in [3.8, 4) is 5.75 Å². The fourth-order valence-electron chi connectivity index (χ4n) is 4.00. The molecule has 13 heteroatoms. The lowest BCUT2D eigenvalue weighted by atomic mass is 10.0. The normalized spacial score (nSPS) is 12.8. The fraction of sp³-hybridized carbons (Fsp3) is 0.393. The highest BCUT2D eigenvalue weighted by Crippen LogP contribution is 2.12. The number of rotatable bonds is 17. The summed E-state index contributed by atoms with van der Waals surface area (Å²) < 4.78 is 0. The maximum atomic E-state index is 13.4. The predicted molar refractivity (Wildman–Crippen MR) is 155 cm³/mol. The number of hydrogen-bond donors (Lipinski definition) is 8. The number of carbonyl (C=O) groups is 4. The number of guanidine groups is 1. The predicted octanol–water partition coefficient (Wildman–Crippen LogP) is -0.629. The Bertz CT molecular complexity index is 1170. The molecule has 12 N–H and O–H groups in total. The fourth-order valence-corrected chi connectivity index (χ4v) is 4.00. The number of unbranched alkanes of at least 4 members (excludes halogenated alkanes) is 1. The highest BCUT2D eigenvalue weighted by atomic mass is 16.3. The standard InChI is InChI=1S/C28H40N8O5/c29-15-5-4-9-21(27(41)36-23(24(30)38)17-18-11-13-20(37)14-12-18)35-26(40)22(10-6-16-33-28(31)32)34-25(39)19-7-2-1-3-8-19/h1-3,7-8,11-14,21-23,37H,4-6,9-10,15-17,29H2,(H2,30,38)(H,34,39)(H,35,40)(H,36,41)(H4,31,32,33)/t21-,22-,23-/m0/s1. The molecule has 0 aliphatic carbocycles. The number of phenols is 1. The number of carbonyl (C=O) groups excluding carboxylic acids is 4. The van der Waals surface area contributed by atoms with E-state index < -0.39 is 41.8 Å². The molecule has 2 aromatic rings. The molecule has 4 amide bonds. The van der Waals surface area contributed by atoms with E-state index in [2.05, 4.69) is 20.9 Å². The summed E-state index contributed by atoms with van der Waals surface area (Å²) in [6.45, 7) is 0.638. The molecule has 0 aliphatic heterocycles. The maximum Gasteiger partial charge on any atom is 0.251 e. The molecule has 2 aromatic carbocycles. The Hall–Kier alpha value is -4.65. The van der Waals surface area contributed by atoms with Crippen LogP contribution in [-0.2, 0) is 20.8 Å². The van der Waals surface area contributed by atoms with E-state index in [9.17, 15) is 24.3 Å². The molecule has 0 fully saturated rings. The van der Waals surface area contributed by atoms with Crippen molar-refractivity contribution in [2.45, 2.75) is 56.7 Å². The van der Waals surface area contributed by atoms with Crippen LogP contribution >= 0.6 is 0 Å². The van der Waals surface area contributed by atoms with Gasteiger partial charge in [-0.2, -0.15) is 0 Å². The number of nitrogens with two attached hydrogens (primary N) is 4. The van der Waals surface area contributed by atoms with Crippen molar-refractivity contribution >= 4 is 29.6 Å². The molecule has 0 saturated heterocycles. The molecular weight excluding hydrogens is 528 g/mol. The number of nitrogens with zero attached hydrogens (tertiary/aromatic N) is 1. The van der Waals surface area contributed by atoms with Gasteiger partial charge in [0.05, 0.1) is 0 Å². The average molecular weight is 569 g/mol. The zero-order valence-corrected chi connectivity index (χ0v) is 22.9. The zero-order chi connectivity index (χ0) is 30.2. The maximum absolute atomic E-state index is 13.4. The van der Waals surface area contributed by atoms with Gasteiger partial charge >= 0.3 is 0 Å². The van der Waals surface area contributed by atoms with Crippen LogP contribution < -0.4 is 38.9 Å². The van der Waals surface area contributed by atoms with Gasteiger partial charge in [0.25, 0.3) is 5.91 Å². The molecule has 0 heterocycles. The Kier molecular flexibility index (Phi) is 13.6. The van der Waals surface area contributed by atoms with Gasteiger partial charge in [0.15, 0.2) is 5.96 Å². The second kappa shape index (κ2) is 17.1. The number of hydrogen-bond acceptors (Lipinski definition) is 7. The summed E-state index contributed by atoms with van der Waals surface area (Å²) in [5, 5.41) is 17.6. The molecule has 0 aliphatic rings. The lowest BCUT2D eigenvalue weighted by Gasteiger charge is -2.25. The minimum atomic E-state index is -1.06.